The van der Waals surface area contributed by atoms with Gasteiger partial charge in [0.1, 0.15) is 5.82 Å². The molecule has 1 rings (SSSR count). The summed E-state index contributed by atoms with van der Waals surface area (Å²) in [6.07, 6.45) is 2.97. The Balaban J connectivity index is 2.67. The number of rotatable bonds is 6. The van der Waals surface area contributed by atoms with E-state index in [1.807, 2.05) is 12.3 Å². The minimum absolute atomic E-state index is 0.955. The summed E-state index contributed by atoms with van der Waals surface area (Å²) in [7, 11) is 2.12. The van der Waals surface area contributed by atoms with Crippen LogP contribution in [0.4, 0.5) is 5.82 Å². The SMILES string of the molecule is CCCNc1ncccc1CN(C)CC. The lowest BCUT2D eigenvalue weighted by Crippen LogP contribution is -2.18. The predicted molar refractivity (Wildman–Crippen MR) is 65.0 cm³/mol. The van der Waals surface area contributed by atoms with E-state index in [1.165, 1.54) is 5.56 Å². The molecule has 0 amide bonds. The smallest absolute Gasteiger partial charge is 0.130 e. The molecule has 0 saturated carbocycles. The van der Waals surface area contributed by atoms with Gasteiger partial charge in [-0.25, -0.2) is 4.98 Å². The average Bonchev–Trinajstić information content (AvgIpc) is 2.28. The maximum absolute atomic E-state index is 4.37. The van der Waals surface area contributed by atoms with Gasteiger partial charge in [0.05, 0.1) is 0 Å². The second-order valence-corrected chi connectivity index (χ2v) is 3.77. The minimum atomic E-state index is 0.955. The van der Waals surface area contributed by atoms with Gasteiger partial charge >= 0.3 is 0 Å². The number of hydrogen-bond donors (Lipinski definition) is 1. The van der Waals surface area contributed by atoms with Crippen molar-refractivity contribution in [3.8, 4) is 0 Å². The van der Waals surface area contributed by atoms with E-state index in [1.54, 1.807) is 0 Å². The van der Waals surface area contributed by atoms with Gasteiger partial charge in [0.2, 0.25) is 0 Å². The molecule has 1 aromatic heterocycles. The van der Waals surface area contributed by atoms with E-state index in [4.69, 9.17) is 0 Å². The number of pyridine rings is 1. The average molecular weight is 207 g/mol. The molecule has 3 nitrogen and oxygen atoms in total. The zero-order valence-corrected chi connectivity index (χ0v) is 9.95. The normalized spacial score (nSPS) is 10.7. The summed E-state index contributed by atoms with van der Waals surface area (Å²) in [6.45, 7) is 7.32. The number of nitrogens with one attached hydrogen (secondary N) is 1. The van der Waals surface area contributed by atoms with E-state index in [0.29, 0.717) is 0 Å². The topological polar surface area (TPSA) is 28.2 Å². The van der Waals surface area contributed by atoms with Crippen LogP contribution in [0.3, 0.4) is 0 Å². The summed E-state index contributed by atoms with van der Waals surface area (Å²) in [5, 5.41) is 3.35. The Bertz CT molecular complexity index is 286. The number of aromatic nitrogens is 1. The van der Waals surface area contributed by atoms with Gasteiger partial charge in [0.25, 0.3) is 0 Å². The molecular weight excluding hydrogens is 186 g/mol. The van der Waals surface area contributed by atoms with Crippen LogP contribution in [-0.4, -0.2) is 30.0 Å². The second-order valence-electron chi connectivity index (χ2n) is 3.77. The van der Waals surface area contributed by atoms with Gasteiger partial charge in [-0.2, -0.15) is 0 Å². The molecule has 0 unspecified atom stereocenters. The van der Waals surface area contributed by atoms with Crippen LogP contribution in [0.2, 0.25) is 0 Å². The lowest BCUT2D eigenvalue weighted by Gasteiger charge is -2.16. The molecule has 0 aliphatic heterocycles. The van der Waals surface area contributed by atoms with Crippen molar-refractivity contribution in [2.75, 3.05) is 25.5 Å². The van der Waals surface area contributed by atoms with E-state index in [0.717, 1.165) is 31.9 Å². The van der Waals surface area contributed by atoms with E-state index in [2.05, 4.69) is 42.2 Å². The van der Waals surface area contributed by atoms with Crippen molar-refractivity contribution in [2.24, 2.45) is 0 Å². The molecule has 0 atom stereocenters. The van der Waals surface area contributed by atoms with E-state index < -0.39 is 0 Å². The first-order valence-electron chi connectivity index (χ1n) is 5.64. The molecule has 0 radical (unpaired) electrons. The van der Waals surface area contributed by atoms with Crippen molar-refractivity contribution in [3.05, 3.63) is 23.9 Å². The summed E-state index contributed by atoms with van der Waals surface area (Å²) in [4.78, 5) is 6.64. The zero-order chi connectivity index (χ0) is 11.1. The first-order valence-corrected chi connectivity index (χ1v) is 5.64. The highest BCUT2D eigenvalue weighted by Gasteiger charge is 2.04. The Morgan fingerprint density at radius 1 is 1.40 bits per heavy atom. The van der Waals surface area contributed by atoms with Gasteiger partial charge in [-0.15, -0.1) is 0 Å². The van der Waals surface area contributed by atoms with Crippen LogP contribution < -0.4 is 5.32 Å². The number of nitrogens with zero attached hydrogens (tertiary/aromatic N) is 2. The van der Waals surface area contributed by atoms with Crippen molar-refractivity contribution in [1.82, 2.24) is 9.88 Å². The summed E-state index contributed by atoms with van der Waals surface area (Å²) in [5.41, 5.74) is 1.27. The fraction of sp³-hybridized carbons (Fsp3) is 0.583. The Hall–Kier alpha value is -1.09. The van der Waals surface area contributed by atoms with Gasteiger partial charge < -0.3 is 10.2 Å². The Labute approximate surface area is 92.5 Å². The molecule has 1 aromatic rings. The van der Waals surface area contributed by atoms with E-state index in [-0.39, 0.29) is 0 Å². The molecule has 0 saturated heterocycles. The molecule has 0 aliphatic carbocycles. The third-order valence-electron chi connectivity index (χ3n) is 2.41. The van der Waals surface area contributed by atoms with Crippen molar-refractivity contribution in [3.63, 3.8) is 0 Å². The summed E-state index contributed by atoms with van der Waals surface area (Å²) >= 11 is 0. The van der Waals surface area contributed by atoms with Gasteiger partial charge in [-0.1, -0.05) is 19.9 Å². The zero-order valence-electron chi connectivity index (χ0n) is 9.95. The van der Waals surface area contributed by atoms with Crippen LogP contribution in [-0.2, 0) is 6.54 Å². The van der Waals surface area contributed by atoms with Crippen LogP contribution in [0.15, 0.2) is 18.3 Å². The molecule has 1 heterocycles. The maximum atomic E-state index is 4.37. The highest BCUT2D eigenvalue weighted by molar-refractivity contribution is 5.43. The monoisotopic (exact) mass is 207 g/mol. The summed E-state index contributed by atoms with van der Waals surface area (Å²) in [5.74, 6) is 1.03. The molecule has 0 spiro atoms. The fourth-order valence-corrected chi connectivity index (χ4v) is 1.37. The lowest BCUT2D eigenvalue weighted by molar-refractivity contribution is 0.346. The van der Waals surface area contributed by atoms with Crippen molar-refractivity contribution >= 4 is 5.82 Å². The number of hydrogen-bond acceptors (Lipinski definition) is 3. The van der Waals surface area contributed by atoms with Gasteiger partial charge in [-0.3, -0.25) is 0 Å². The van der Waals surface area contributed by atoms with E-state index in [9.17, 15) is 0 Å². The first-order chi connectivity index (χ1) is 7.27. The summed E-state index contributed by atoms with van der Waals surface area (Å²) in [6, 6.07) is 4.13. The highest BCUT2D eigenvalue weighted by atomic mass is 15.1. The molecule has 0 aromatic carbocycles. The van der Waals surface area contributed by atoms with Crippen molar-refractivity contribution < 1.29 is 0 Å². The Morgan fingerprint density at radius 3 is 2.87 bits per heavy atom. The first kappa shape index (κ1) is 12.0. The number of anilines is 1. The third kappa shape index (κ3) is 3.88. The standard InChI is InChI=1S/C12H21N3/c1-4-8-13-12-11(7-6-9-14-12)10-15(3)5-2/h6-7,9H,4-5,8,10H2,1-3H3,(H,13,14). The van der Waals surface area contributed by atoms with Crippen molar-refractivity contribution in [1.29, 1.82) is 0 Å². The van der Waals surface area contributed by atoms with Crippen molar-refractivity contribution in [2.45, 2.75) is 26.8 Å². The van der Waals surface area contributed by atoms with Gasteiger partial charge in [-0.05, 0) is 26.1 Å². The second kappa shape index (κ2) is 6.40. The quantitative estimate of drug-likeness (QED) is 0.776. The molecule has 84 valence electrons. The fourth-order valence-electron chi connectivity index (χ4n) is 1.37. The largest absolute Gasteiger partial charge is 0.370 e. The molecular formula is C12H21N3. The van der Waals surface area contributed by atoms with Crippen LogP contribution in [0.1, 0.15) is 25.8 Å². The highest BCUT2D eigenvalue weighted by Crippen LogP contribution is 2.13. The van der Waals surface area contributed by atoms with Crippen LogP contribution in [0.25, 0.3) is 0 Å². The van der Waals surface area contributed by atoms with Crippen LogP contribution in [0, 0.1) is 0 Å². The van der Waals surface area contributed by atoms with Gasteiger partial charge in [0, 0.05) is 24.8 Å². The van der Waals surface area contributed by atoms with Gasteiger partial charge in [0.15, 0.2) is 0 Å². The van der Waals surface area contributed by atoms with E-state index >= 15 is 0 Å². The Kier molecular flexibility index (Phi) is 5.12. The predicted octanol–water partition coefficient (Wildman–Crippen LogP) is 2.36. The lowest BCUT2D eigenvalue weighted by atomic mass is 10.2. The molecule has 15 heavy (non-hydrogen) atoms. The maximum Gasteiger partial charge on any atom is 0.130 e. The minimum Gasteiger partial charge on any atom is -0.370 e. The third-order valence-corrected chi connectivity index (χ3v) is 2.41. The Morgan fingerprint density at radius 2 is 2.20 bits per heavy atom. The molecule has 0 aliphatic rings. The summed E-state index contributed by atoms with van der Waals surface area (Å²) < 4.78 is 0. The molecule has 0 fully saturated rings. The molecule has 0 bridgehead atoms. The van der Waals surface area contributed by atoms with Crippen LogP contribution >= 0.6 is 0 Å². The van der Waals surface area contributed by atoms with Crippen LogP contribution in [0.5, 0.6) is 0 Å². The molecule has 3 heteroatoms. The molecule has 1 N–H and O–H groups in total.